The van der Waals surface area contributed by atoms with Gasteiger partial charge in [0, 0.05) is 40.2 Å². The van der Waals surface area contributed by atoms with E-state index in [0.717, 1.165) is 17.0 Å². The average Bonchev–Trinajstić information content (AvgIpc) is 3.08. The Hall–Kier alpha value is -4.43. The third-order valence-electron chi connectivity index (χ3n) is 6.90. The number of aromatic nitrogens is 2. The zero-order valence-corrected chi connectivity index (χ0v) is 25.2. The maximum atomic E-state index is 7.28. The van der Waals surface area contributed by atoms with E-state index in [1.165, 1.54) is 57.1 Å². The van der Waals surface area contributed by atoms with Crippen LogP contribution in [-0.2, 0) is 20.1 Å². The first-order chi connectivity index (χ1) is 22.5. The van der Waals surface area contributed by atoms with Gasteiger partial charge in [0.15, 0.2) is 0 Å². The van der Waals surface area contributed by atoms with Crippen molar-refractivity contribution in [1.29, 1.82) is 0 Å². The maximum Gasteiger partial charge on any atom is 0.0280 e. The van der Waals surface area contributed by atoms with Crippen molar-refractivity contribution in [3.63, 3.8) is 0 Å². The third kappa shape index (κ3) is 6.39. The largest absolute Gasteiger partial charge is 0.304 e. The van der Waals surface area contributed by atoms with Gasteiger partial charge in [-0.25, -0.2) is 0 Å². The van der Waals surface area contributed by atoms with E-state index >= 15 is 0 Å². The molecule has 0 spiro atoms. The van der Waals surface area contributed by atoms with Gasteiger partial charge >= 0.3 is 0 Å². The van der Waals surface area contributed by atoms with Gasteiger partial charge in [0.2, 0.25) is 0 Å². The summed E-state index contributed by atoms with van der Waals surface area (Å²) in [4.78, 5) is 8.73. The molecule has 1 radical (unpaired) electrons. The van der Waals surface area contributed by atoms with E-state index in [4.69, 9.17) is 8.22 Å². The first-order valence-corrected chi connectivity index (χ1v) is 13.3. The predicted molar refractivity (Wildman–Crippen MR) is 172 cm³/mol. The number of aryl methyl sites for hydroxylation is 3. The van der Waals surface area contributed by atoms with E-state index in [2.05, 4.69) is 88.8 Å². The second kappa shape index (κ2) is 13.0. The van der Waals surface area contributed by atoms with E-state index in [1.54, 1.807) is 12.1 Å². The van der Waals surface area contributed by atoms with Gasteiger partial charge in [-0.2, -0.15) is 0 Å². The zero-order chi connectivity index (χ0) is 33.2. The summed E-state index contributed by atoms with van der Waals surface area (Å²) in [5, 5.41) is 5.10. The molecule has 0 aliphatic heterocycles. The SMILES string of the molecule is Cc1cccc(-c2[c-]ccc(-c3cc4ccccc4c4ccccc34)c2)n1.[2H]C([2H])([2H])c1c[c-]c(-c2ccc(C([2H])([2H])[2H])cn2)cc1.[Ir]. The Balaban J connectivity index is 0.000000193. The van der Waals surface area contributed by atoms with E-state index < -0.39 is 13.7 Å². The molecular weight excluding hydrogens is 689 g/mol. The fourth-order valence-corrected chi connectivity index (χ4v) is 4.91. The Bertz CT molecular complexity index is 2120. The second-order valence-electron chi connectivity index (χ2n) is 9.77. The van der Waals surface area contributed by atoms with Gasteiger partial charge in [0.05, 0.1) is 0 Å². The molecular formula is C39H30IrN2-2. The zero-order valence-electron chi connectivity index (χ0n) is 28.9. The minimum absolute atomic E-state index is 0. The molecule has 5 aromatic carbocycles. The van der Waals surface area contributed by atoms with Crippen molar-refractivity contribution < 1.29 is 28.3 Å². The number of nitrogens with zero attached hydrogens (tertiary/aromatic N) is 2. The first kappa shape index (κ1) is 22.2. The van der Waals surface area contributed by atoms with Gasteiger partial charge in [-0.05, 0) is 70.0 Å². The molecule has 0 bridgehead atoms. The Morgan fingerprint density at radius 2 is 1.43 bits per heavy atom. The summed E-state index contributed by atoms with van der Waals surface area (Å²) in [5.74, 6) is 0. The van der Waals surface area contributed by atoms with Crippen LogP contribution in [0.15, 0.2) is 128 Å². The molecule has 7 aromatic rings. The quantitative estimate of drug-likeness (QED) is 0.134. The van der Waals surface area contributed by atoms with Gasteiger partial charge in [-0.1, -0.05) is 79.6 Å². The average molecular weight is 725 g/mol. The van der Waals surface area contributed by atoms with Crippen LogP contribution in [0.3, 0.4) is 0 Å². The topological polar surface area (TPSA) is 25.8 Å². The fourth-order valence-electron chi connectivity index (χ4n) is 4.91. The van der Waals surface area contributed by atoms with E-state index in [0.29, 0.717) is 11.3 Å². The van der Waals surface area contributed by atoms with Crippen LogP contribution in [0.25, 0.3) is 55.2 Å². The Morgan fingerprint density at radius 1 is 0.643 bits per heavy atom. The number of fused-ring (bicyclic) bond motifs is 3. The van der Waals surface area contributed by atoms with Crippen LogP contribution < -0.4 is 0 Å². The van der Waals surface area contributed by atoms with Crippen LogP contribution in [-0.4, -0.2) is 9.97 Å². The Morgan fingerprint density at radius 3 is 2.17 bits per heavy atom. The van der Waals surface area contributed by atoms with Crippen molar-refractivity contribution in [2.75, 3.05) is 0 Å². The van der Waals surface area contributed by atoms with Crippen LogP contribution in [0.2, 0.25) is 0 Å². The van der Waals surface area contributed by atoms with Crippen LogP contribution in [0.5, 0.6) is 0 Å². The number of hydrogen-bond donors (Lipinski definition) is 0. The molecule has 0 fully saturated rings. The molecule has 0 amide bonds. The van der Waals surface area contributed by atoms with E-state index in [-0.39, 0.29) is 31.2 Å². The summed E-state index contributed by atoms with van der Waals surface area (Å²) in [6.45, 7) is -2.32. The number of rotatable bonds is 3. The third-order valence-corrected chi connectivity index (χ3v) is 6.90. The van der Waals surface area contributed by atoms with Crippen molar-refractivity contribution in [2.24, 2.45) is 0 Å². The van der Waals surface area contributed by atoms with Crippen molar-refractivity contribution in [2.45, 2.75) is 20.6 Å². The van der Waals surface area contributed by atoms with E-state index in [1.807, 2.05) is 31.2 Å². The van der Waals surface area contributed by atoms with E-state index in [9.17, 15) is 0 Å². The minimum atomic E-state index is -2.18. The maximum absolute atomic E-state index is 7.28. The first-order valence-electron chi connectivity index (χ1n) is 16.3. The smallest absolute Gasteiger partial charge is 0.0280 e. The summed E-state index contributed by atoms with van der Waals surface area (Å²) in [6, 6.07) is 45.7. The standard InChI is InChI=1S/C26H18N.C13H12N.Ir/c1-18-8-6-15-26(27-18)21-11-7-10-19(16-21)25-17-20-9-2-3-12-22(20)23-13-4-5-14-24(23)25;1-10-3-6-12(7-4-10)13-8-5-11(2)9-14-13;/h2-10,12-17H,1H3;3-6,8-9H,1-2H3;/q2*-1;/i;1D3,2D3;. The summed E-state index contributed by atoms with van der Waals surface area (Å²) in [5.41, 5.74) is 6.98. The molecule has 0 atom stereocenters. The molecule has 2 heterocycles. The minimum Gasteiger partial charge on any atom is -0.304 e. The van der Waals surface area contributed by atoms with Crippen molar-refractivity contribution in [3.05, 3.63) is 156 Å². The van der Waals surface area contributed by atoms with Crippen molar-refractivity contribution in [1.82, 2.24) is 9.97 Å². The van der Waals surface area contributed by atoms with Crippen LogP contribution in [0, 0.1) is 32.8 Å². The molecule has 2 nitrogen and oxygen atoms in total. The Labute approximate surface area is 269 Å². The van der Waals surface area contributed by atoms with Crippen LogP contribution in [0.1, 0.15) is 25.0 Å². The van der Waals surface area contributed by atoms with Gasteiger partial charge in [0.1, 0.15) is 0 Å². The molecule has 0 saturated carbocycles. The number of benzene rings is 5. The van der Waals surface area contributed by atoms with Gasteiger partial charge in [-0.3, -0.25) is 0 Å². The molecule has 7 rings (SSSR count). The molecule has 0 saturated heterocycles. The predicted octanol–water partition coefficient (Wildman–Crippen LogP) is 9.99. The number of hydrogen-bond acceptors (Lipinski definition) is 2. The molecule has 3 heteroatoms. The fraction of sp³-hybridized carbons (Fsp3) is 0.0769. The Kier molecular flexibility index (Phi) is 6.89. The number of pyridine rings is 2. The summed E-state index contributed by atoms with van der Waals surface area (Å²) in [6.07, 6.45) is 1.30. The summed E-state index contributed by atoms with van der Waals surface area (Å²) >= 11 is 0. The summed E-state index contributed by atoms with van der Waals surface area (Å²) < 4.78 is 43.6. The molecule has 42 heavy (non-hydrogen) atoms. The summed E-state index contributed by atoms with van der Waals surface area (Å²) in [7, 11) is 0. The second-order valence-corrected chi connectivity index (χ2v) is 9.77. The van der Waals surface area contributed by atoms with Crippen LogP contribution >= 0.6 is 0 Å². The van der Waals surface area contributed by atoms with Gasteiger partial charge in [0.25, 0.3) is 0 Å². The molecule has 207 valence electrons. The molecule has 0 unspecified atom stereocenters. The molecule has 0 aliphatic rings. The monoisotopic (exact) mass is 725 g/mol. The van der Waals surface area contributed by atoms with Gasteiger partial charge < -0.3 is 9.97 Å². The van der Waals surface area contributed by atoms with Gasteiger partial charge in [-0.15, -0.1) is 70.8 Å². The molecule has 2 aromatic heterocycles. The normalized spacial score (nSPS) is 13.3. The van der Waals surface area contributed by atoms with Crippen molar-refractivity contribution >= 4 is 21.5 Å². The van der Waals surface area contributed by atoms with Crippen molar-refractivity contribution in [3.8, 4) is 33.6 Å². The molecule has 0 N–H and O–H groups in total. The van der Waals surface area contributed by atoms with Crippen LogP contribution in [0.4, 0.5) is 0 Å². The molecule has 0 aliphatic carbocycles.